The zero-order valence-electron chi connectivity index (χ0n) is 10.3. The van der Waals surface area contributed by atoms with Crippen LogP contribution in [-0.2, 0) is 0 Å². The van der Waals surface area contributed by atoms with Crippen LogP contribution in [0, 0.1) is 0 Å². The maximum atomic E-state index is 5.83. The number of rotatable bonds is 5. The monoisotopic (exact) mass is 224 g/mol. The van der Waals surface area contributed by atoms with Crippen molar-refractivity contribution in [1.29, 1.82) is 0 Å². The van der Waals surface area contributed by atoms with Gasteiger partial charge in [-0.05, 0) is 27.1 Å². The Hall–Kier alpha value is -1.49. The van der Waals surface area contributed by atoms with Gasteiger partial charge in [-0.3, -0.25) is 0 Å². The van der Waals surface area contributed by atoms with Gasteiger partial charge in [0.1, 0.15) is 0 Å². The Morgan fingerprint density at radius 3 is 2.75 bits per heavy atom. The van der Waals surface area contributed by atoms with Crippen LogP contribution in [0.15, 0.2) is 12.1 Å². The minimum Gasteiger partial charge on any atom is -0.481 e. The molecular weight excluding hydrogens is 204 g/mol. The number of nitrogens with two attached hydrogens (primary N) is 1. The van der Waals surface area contributed by atoms with Crippen molar-refractivity contribution in [2.45, 2.75) is 13.0 Å². The minimum absolute atomic E-state index is 0.275. The number of nitrogens with one attached hydrogen (secondary N) is 1. The second-order valence-electron chi connectivity index (χ2n) is 4.10. The predicted molar refractivity (Wildman–Crippen MR) is 66.8 cm³/mol. The van der Waals surface area contributed by atoms with Crippen molar-refractivity contribution in [3.63, 3.8) is 0 Å². The number of ether oxygens (including phenoxy) is 1. The lowest BCUT2D eigenvalue weighted by atomic mass is 10.3. The molecule has 0 aromatic carbocycles. The standard InChI is InChI=1S/C11H20N4O/c1-8(7-15(2)3)13-11-9(12)5-6-10(14-11)16-4/h5-6,8H,7,12H2,1-4H3,(H,13,14). The van der Waals surface area contributed by atoms with E-state index in [2.05, 4.69) is 22.1 Å². The highest BCUT2D eigenvalue weighted by atomic mass is 16.5. The highest BCUT2D eigenvalue weighted by Gasteiger charge is 2.08. The van der Waals surface area contributed by atoms with Gasteiger partial charge in [0.15, 0.2) is 5.82 Å². The lowest BCUT2D eigenvalue weighted by Gasteiger charge is -2.19. The molecule has 0 bridgehead atoms. The van der Waals surface area contributed by atoms with Gasteiger partial charge >= 0.3 is 0 Å². The van der Waals surface area contributed by atoms with Crippen LogP contribution < -0.4 is 15.8 Å². The van der Waals surface area contributed by atoms with Gasteiger partial charge in [0.25, 0.3) is 0 Å². The molecule has 1 aromatic rings. The molecule has 90 valence electrons. The summed E-state index contributed by atoms with van der Waals surface area (Å²) in [7, 11) is 5.65. The summed E-state index contributed by atoms with van der Waals surface area (Å²) in [5.74, 6) is 1.24. The van der Waals surface area contributed by atoms with E-state index >= 15 is 0 Å². The molecule has 5 nitrogen and oxygen atoms in total. The Morgan fingerprint density at radius 2 is 2.19 bits per heavy atom. The van der Waals surface area contributed by atoms with Gasteiger partial charge in [-0.25, -0.2) is 0 Å². The van der Waals surface area contributed by atoms with Gasteiger partial charge in [-0.15, -0.1) is 0 Å². The molecule has 1 heterocycles. The third-order valence-electron chi connectivity index (χ3n) is 2.13. The van der Waals surface area contributed by atoms with Crippen molar-refractivity contribution in [2.75, 3.05) is 38.8 Å². The largest absolute Gasteiger partial charge is 0.481 e. The van der Waals surface area contributed by atoms with Crippen LogP contribution in [0.1, 0.15) is 6.92 Å². The van der Waals surface area contributed by atoms with Gasteiger partial charge in [-0.1, -0.05) is 0 Å². The number of pyridine rings is 1. The molecule has 0 aliphatic heterocycles. The number of aromatic nitrogens is 1. The van der Waals surface area contributed by atoms with E-state index in [0.29, 0.717) is 17.4 Å². The second-order valence-corrected chi connectivity index (χ2v) is 4.10. The quantitative estimate of drug-likeness (QED) is 0.782. The van der Waals surface area contributed by atoms with Crippen molar-refractivity contribution in [3.8, 4) is 5.88 Å². The normalized spacial score (nSPS) is 12.6. The van der Waals surface area contributed by atoms with E-state index in [-0.39, 0.29) is 6.04 Å². The van der Waals surface area contributed by atoms with E-state index in [1.54, 1.807) is 19.2 Å². The van der Waals surface area contributed by atoms with Crippen LogP contribution in [0.5, 0.6) is 5.88 Å². The first-order valence-corrected chi connectivity index (χ1v) is 5.24. The number of likely N-dealkylation sites (N-methyl/N-ethyl adjacent to an activating group) is 1. The van der Waals surface area contributed by atoms with E-state index in [0.717, 1.165) is 6.54 Å². The van der Waals surface area contributed by atoms with Crippen molar-refractivity contribution in [1.82, 2.24) is 9.88 Å². The maximum absolute atomic E-state index is 5.83. The predicted octanol–water partition coefficient (Wildman–Crippen LogP) is 1.03. The highest BCUT2D eigenvalue weighted by molar-refractivity contribution is 5.62. The molecule has 1 atom stereocenters. The molecule has 16 heavy (non-hydrogen) atoms. The SMILES string of the molecule is COc1ccc(N)c(NC(C)CN(C)C)n1. The van der Waals surface area contributed by atoms with Crippen LogP contribution in [0.3, 0.4) is 0 Å². The second kappa shape index (κ2) is 5.55. The molecule has 5 heteroatoms. The molecule has 3 N–H and O–H groups in total. The number of methoxy groups -OCH3 is 1. The molecule has 0 radical (unpaired) electrons. The van der Waals surface area contributed by atoms with Gasteiger partial charge in [0.2, 0.25) is 5.88 Å². The third-order valence-corrected chi connectivity index (χ3v) is 2.13. The molecule has 1 rings (SSSR count). The number of anilines is 2. The Balaban J connectivity index is 2.71. The van der Waals surface area contributed by atoms with Crippen molar-refractivity contribution < 1.29 is 4.74 Å². The summed E-state index contributed by atoms with van der Waals surface area (Å²) in [6.07, 6.45) is 0. The minimum atomic E-state index is 0.275. The van der Waals surface area contributed by atoms with Crippen LogP contribution >= 0.6 is 0 Å². The van der Waals surface area contributed by atoms with Gasteiger partial charge in [-0.2, -0.15) is 4.98 Å². The summed E-state index contributed by atoms with van der Waals surface area (Å²) >= 11 is 0. The van der Waals surface area contributed by atoms with E-state index in [1.807, 2.05) is 14.1 Å². The molecule has 0 aliphatic rings. The molecule has 0 saturated heterocycles. The zero-order valence-corrected chi connectivity index (χ0v) is 10.3. The first-order valence-electron chi connectivity index (χ1n) is 5.24. The van der Waals surface area contributed by atoms with Crippen LogP contribution in [-0.4, -0.2) is 43.7 Å². The molecule has 1 aromatic heterocycles. The molecule has 0 amide bonds. The van der Waals surface area contributed by atoms with Crippen LogP contribution in [0.25, 0.3) is 0 Å². The van der Waals surface area contributed by atoms with E-state index in [9.17, 15) is 0 Å². The Morgan fingerprint density at radius 1 is 1.50 bits per heavy atom. The van der Waals surface area contributed by atoms with E-state index in [1.165, 1.54) is 0 Å². The number of nitrogen functional groups attached to an aromatic ring is 1. The lowest BCUT2D eigenvalue weighted by molar-refractivity contribution is 0.389. The van der Waals surface area contributed by atoms with Crippen LogP contribution in [0.4, 0.5) is 11.5 Å². The molecular formula is C11H20N4O. The first kappa shape index (κ1) is 12.6. The van der Waals surface area contributed by atoms with Crippen molar-refractivity contribution in [2.24, 2.45) is 0 Å². The molecule has 0 spiro atoms. The fourth-order valence-electron chi connectivity index (χ4n) is 1.51. The molecule has 0 fully saturated rings. The van der Waals surface area contributed by atoms with E-state index in [4.69, 9.17) is 10.5 Å². The van der Waals surface area contributed by atoms with Crippen molar-refractivity contribution in [3.05, 3.63) is 12.1 Å². The summed E-state index contributed by atoms with van der Waals surface area (Å²) in [5, 5.41) is 3.26. The number of nitrogens with zero attached hydrogens (tertiary/aromatic N) is 2. The Kier molecular flexibility index (Phi) is 4.37. The van der Waals surface area contributed by atoms with E-state index < -0.39 is 0 Å². The molecule has 0 aliphatic carbocycles. The summed E-state index contributed by atoms with van der Waals surface area (Å²) in [6, 6.07) is 3.81. The molecule has 0 saturated carbocycles. The summed E-state index contributed by atoms with van der Waals surface area (Å²) in [4.78, 5) is 6.37. The Labute approximate surface area is 96.6 Å². The van der Waals surface area contributed by atoms with Gasteiger partial charge in [0, 0.05) is 18.7 Å². The fourth-order valence-corrected chi connectivity index (χ4v) is 1.51. The van der Waals surface area contributed by atoms with Gasteiger partial charge < -0.3 is 20.7 Å². The average molecular weight is 224 g/mol. The number of hydrogen-bond acceptors (Lipinski definition) is 5. The van der Waals surface area contributed by atoms with Crippen molar-refractivity contribution >= 4 is 11.5 Å². The highest BCUT2D eigenvalue weighted by Crippen LogP contribution is 2.20. The topological polar surface area (TPSA) is 63.4 Å². The average Bonchev–Trinajstić information content (AvgIpc) is 2.20. The fraction of sp³-hybridized carbons (Fsp3) is 0.545. The van der Waals surface area contributed by atoms with Crippen LogP contribution in [0.2, 0.25) is 0 Å². The third kappa shape index (κ3) is 3.58. The maximum Gasteiger partial charge on any atom is 0.215 e. The lowest BCUT2D eigenvalue weighted by Crippen LogP contribution is -2.30. The first-order chi connectivity index (χ1) is 7.52. The summed E-state index contributed by atoms with van der Waals surface area (Å²) in [5.41, 5.74) is 6.46. The number of hydrogen-bond donors (Lipinski definition) is 2. The smallest absolute Gasteiger partial charge is 0.215 e. The summed E-state index contributed by atoms with van der Waals surface area (Å²) < 4.78 is 5.06. The van der Waals surface area contributed by atoms with Gasteiger partial charge in [0.05, 0.1) is 12.8 Å². The Bertz CT molecular complexity index is 341. The zero-order chi connectivity index (χ0) is 12.1. The summed E-state index contributed by atoms with van der Waals surface area (Å²) in [6.45, 7) is 3.00. The molecule has 1 unspecified atom stereocenters.